The van der Waals surface area contributed by atoms with Gasteiger partial charge in [-0.2, -0.15) is 0 Å². The molecule has 4 rings (SSSR count). The van der Waals surface area contributed by atoms with E-state index >= 15 is 0 Å². The van der Waals surface area contributed by atoms with Crippen LogP contribution in [-0.4, -0.2) is 66.5 Å². The van der Waals surface area contributed by atoms with Gasteiger partial charge in [0.1, 0.15) is 36.9 Å². The summed E-state index contributed by atoms with van der Waals surface area (Å²) >= 11 is 0. The Morgan fingerprint density at radius 2 is 2.16 bits per heavy atom. The molecule has 1 fully saturated rings. The average Bonchev–Trinajstić information content (AvgIpc) is 3.30. The molecule has 3 atom stereocenters. The number of cyclic esters (lactones) is 1. The molecule has 3 heterocycles. The van der Waals surface area contributed by atoms with Crippen molar-refractivity contribution in [1.29, 1.82) is 0 Å². The fraction of sp³-hybridized carbons (Fsp3) is 0.450. The Morgan fingerprint density at radius 3 is 2.84 bits per heavy atom. The van der Waals surface area contributed by atoms with Gasteiger partial charge in [-0.15, -0.1) is 0 Å². The van der Waals surface area contributed by atoms with Crippen LogP contribution in [-0.2, 0) is 20.8 Å². The number of nitrogens with two attached hydrogens (primary N) is 1. The largest absolute Gasteiger partial charge is 0.491 e. The topological polar surface area (TPSA) is 121 Å². The van der Waals surface area contributed by atoms with Gasteiger partial charge in [0.05, 0.1) is 18.2 Å². The smallest absolute Gasteiger partial charge is 0.416 e. The van der Waals surface area contributed by atoms with E-state index in [1.807, 2.05) is 0 Å². The Balaban J connectivity index is 1.66. The van der Waals surface area contributed by atoms with Gasteiger partial charge in [0, 0.05) is 25.1 Å². The lowest BCUT2D eigenvalue weighted by molar-refractivity contribution is -0.121. The fourth-order valence-corrected chi connectivity index (χ4v) is 3.69. The van der Waals surface area contributed by atoms with Crippen LogP contribution in [0.25, 0.3) is 11.4 Å². The summed E-state index contributed by atoms with van der Waals surface area (Å²) in [6.45, 7) is 2.01. The van der Waals surface area contributed by atoms with E-state index in [2.05, 4.69) is 10.3 Å². The number of hydrogen-bond donors (Lipinski definition) is 2. The number of ether oxygens (including phenoxy) is 3. The van der Waals surface area contributed by atoms with Crippen molar-refractivity contribution in [2.75, 3.05) is 30.5 Å². The summed E-state index contributed by atoms with van der Waals surface area (Å²) in [5.74, 6) is 0.462. The maximum absolute atomic E-state index is 13.3. The Morgan fingerprint density at radius 1 is 1.38 bits per heavy atom. The molecule has 1 aromatic heterocycles. The fourth-order valence-electron chi connectivity index (χ4n) is 3.69. The molecule has 2 amide bonds. The van der Waals surface area contributed by atoms with E-state index in [-0.39, 0.29) is 12.4 Å². The SMILES string of the molecule is CO[C@@H](C)[C@H](Nc1ccc2c(c1)OCCn1cc(N3C(=O)OC[C@H]3C(F)F)nc1-2)C(N)=O. The van der Waals surface area contributed by atoms with Crippen LogP contribution in [0.5, 0.6) is 5.75 Å². The molecule has 12 heteroatoms. The maximum Gasteiger partial charge on any atom is 0.416 e. The Bertz CT molecular complexity index is 1030. The minimum Gasteiger partial charge on any atom is -0.491 e. The van der Waals surface area contributed by atoms with Gasteiger partial charge in [-0.3, -0.25) is 4.79 Å². The molecule has 0 spiro atoms. The highest BCUT2D eigenvalue weighted by Gasteiger charge is 2.42. The molecular weight excluding hydrogens is 428 g/mol. The highest BCUT2D eigenvalue weighted by Crippen LogP contribution is 2.37. The van der Waals surface area contributed by atoms with Crippen molar-refractivity contribution < 1.29 is 32.6 Å². The van der Waals surface area contributed by atoms with Gasteiger partial charge in [0.2, 0.25) is 5.91 Å². The highest BCUT2D eigenvalue weighted by atomic mass is 19.3. The summed E-state index contributed by atoms with van der Waals surface area (Å²) in [6.07, 6.45) is -2.55. The van der Waals surface area contributed by atoms with E-state index < -0.39 is 43.2 Å². The van der Waals surface area contributed by atoms with Crippen LogP contribution in [0.15, 0.2) is 24.4 Å². The first-order valence-corrected chi connectivity index (χ1v) is 9.97. The zero-order chi connectivity index (χ0) is 23.0. The van der Waals surface area contributed by atoms with Crippen molar-refractivity contribution in [2.24, 2.45) is 5.73 Å². The van der Waals surface area contributed by atoms with Crippen LogP contribution in [0.3, 0.4) is 0 Å². The number of nitrogens with zero attached hydrogens (tertiary/aromatic N) is 3. The Hall–Kier alpha value is -3.41. The number of anilines is 2. The number of fused-ring (bicyclic) bond motifs is 3. The molecule has 3 N–H and O–H groups in total. The Labute approximate surface area is 182 Å². The van der Waals surface area contributed by atoms with E-state index in [4.69, 9.17) is 19.9 Å². The second-order valence-corrected chi connectivity index (χ2v) is 7.49. The predicted molar refractivity (Wildman–Crippen MR) is 110 cm³/mol. The van der Waals surface area contributed by atoms with Crippen LogP contribution >= 0.6 is 0 Å². The van der Waals surface area contributed by atoms with E-state index in [0.29, 0.717) is 29.4 Å². The van der Waals surface area contributed by atoms with Gasteiger partial charge in [0.25, 0.3) is 6.43 Å². The van der Waals surface area contributed by atoms with Gasteiger partial charge in [-0.05, 0) is 19.1 Å². The van der Waals surface area contributed by atoms with Crippen LogP contribution in [0.1, 0.15) is 6.92 Å². The second-order valence-electron chi connectivity index (χ2n) is 7.49. The zero-order valence-electron chi connectivity index (χ0n) is 17.5. The molecular formula is C20H23F2N5O5. The Kier molecular flexibility index (Phi) is 5.87. The highest BCUT2D eigenvalue weighted by molar-refractivity contribution is 5.90. The lowest BCUT2D eigenvalue weighted by Gasteiger charge is -2.22. The molecule has 0 unspecified atom stereocenters. The van der Waals surface area contributed by atoms with Gasteiger partial charge in [0.15, 0.2) is 5.82 Å². The summed E-state index contributed by atoms with van der Waals surface area (Å²) < 4.78 is 44.3. The summed E-state index contributed by atoms with van der Waals surface area (Å²) in [7, 11) is 1.48. The maximum atomic E-state index is 13.3. The normalized spacial score (nSPS) is 19.5. The van der Waals surface area contributed by atoms with E-state index in [1.165, 1.54) is 13.3 Å². The van der Waals surface area contributed by atoms with Gasteiger partial charge in [-0.1, -0.05) is 0 Å². The van der Waals surface area contributed by atoms with Crippen molar-refractivity contribution in [1.82, 2.24) is 9.55 Å². The van der Waals surface area contributed by atoms with Gasteiger partial charge >= 0.3 is 6.09 Å². The number of alkyl halides is 2. The second kappa shape index (κ2) is 8.61. The lowest BCUT2D eigenvalue weighted by Crippen LogP contribution is -2.44. The molecule has 32 heavy (non-hydrogen) atoms. The summed E-state index contributed by atoms with van der Waals surface area (Å²) in [5.41, 5.74) is 6.66. The molecule has 0 radical (unpaired) electrons. The van der Waals surface area contributed by atoms with Gasteiger partial charge in [-0.25, -0.2) is 23.5 Å². The quantitative estimate of drug-likeness (QED) is 0.659. The number of primary amides is 1. The van der Waals surface area contributed by atoms with Crippen molar-refractivity contribution >= 4 is 23.5 Å². The molecule has 2 aromatic rings. The van der Waals surface area contributed by atoms with Gasteiger partial charge < -0.3 is 29.8 Å². The number of aromatic nitrogens is 2. The number of benzene rings is 1. The van der Waals surface area contributed by atoms with Crippen molar-refractivity contribution in [2.45, 2.75) is 38.1 Å². The van der Waals surface area contributed by atoms with E-state index in [1.54, 1.807) is 29.7 Å². The molecule has 10 nitrogen and oxygen atoms in total. The number of halogens is 2. The van der Waals surface area contributed by atoms with Crippen LogP contribution in [0, 0.1) is 0 Å². The summed E-state index contributed by atoms with van der Waals surface area (Å²) in [4.78, 5) is 29.1. The number of nitrogens with one attached hydrogen (secondary N) is 1. The third-order valence-corrected chi connectivity index (χ3v) is 5.49. The first-order valence-electron chi connectivity index (χ1n) is 9.97. The first kappa shape index (κ1) is 21.8. The van der Waals surface area contributed by atoms with E-state index in [9.17, 15) is 18.4 Å². The molecule has 0 bridgehead atoms. The minimum atomic E-state index is -2.76. The van der Waals surface area contributed by atoms with Crippen molar-refractivity contribution in [3.63, 3.8) is 0 Å². The molecule has 2 aliphatic rings. The van der Waals surface area contributed by atoms with Crippen LogP contribution in [0.2, 0.25) is 0 Å². The number of carbonyl (C=O) groups excluding carboxylic acids is 2. The summed E-state index contributed by atoms with van der Waals surface area (Å²) in [5, 5.41) is 3.04. The van der Waals surface area contributed by atoms with E-state index in [0.717, 1.165) is 4.90 Å². The molecule has 0 aliphatic carbocycles. The van der Waals surface area contributed by atoms with Crippen LogP contribution < -0.4 is 20.7 Å². The zero-order valence-corrected chi connectivity index (χ0v) is 17.5. The van der Waals surface area contributed by atoms with Crippen LogP contribution in [0.4, 0.5) is 25.1 Å². The average molecular weight is 451 g/mol. The monoisotopic (exact) mass is 451 g/mol. The molecule has 172 valence electrons. The number of hydrogen-bond acceptors (Lipinski definition) is 7. The third-order valence-electron chi connectivity index (χ3n) is 5.49. The number of methoxy groups -OCH3 is 1. The number of carbonyl (C=O) groups is 2. The number of imidazole rings is 1. The first-order chi connectivity index (χ1) is 15.3. The third kappa shape index (κ3) is 3.93. The number of amides is 2. The lowest BCUT2D eigenvalue weighted by atomic mass is 10.1. The standard InChI is InChI=1S/C20H23F2N5O5/c1-10(30-2)16(18(23)28)24-11-3-4-12-14(7-11)31-6-5-26-8-15(25-19(12)26)27-13(17(21)22)9-32-20(27)29/h3-4,7-8,10,13,16-17,24H,5-6,9H2,1-2H3,(H2,23,28)/t10-,13-,16-/m0/s1. The van der Waals surface area contributed by atoms with Crippen molar-refractivity contribution in [3.8, 4) is 17.1 Å². The molecule has 0 saturated carbocycles. The molecule has 1 saturated heterocycles. The minimum absolute atomic E-state index is 0.0885. The molecule has 1 aromatic carbocycles. The predicted octanol–water partition coefficient (Wildman–Crippen LogP) is 1.83. The molecule has 2 aliphatic heterocycles. The van der Waals surface area contributed by atoms with Crippen molar-refractivity contribution in [3.05, 3.63) is 24.4 Å². The number of rotatable bonds is 7. The summed E-state index contributed by atoms with van der Waals surface area (Å²) in [6, 6.07) is 3.00.